The number of nitrogens with zero attached hydrogens (tertiary/aromatic N) is 1. The number of hydrogen-bond donors (Lipinski definition) is 1. The Morgan fingerprint density at radius 2 is 2.05 bits per heavy atom. The number of amides is 1. The molecule has 0 bridgehead atoms. The quantitative estimate of drug-likeness (QED) is 0.926. The van der Waals surface area contributed by atoms with Gasteiger partial charge < -0.3 is 10.0 Å². The van der Waals surface area contributed by atoms with E-state index >= 15 is 0 Å². The lowest BCUT2D eigenvalue weighted by Gasteiger charge is -2.36. The SMILES string of the molecule is CC1CC(C(=O)O)CN(C(=O)C(C)Cc2ccccc2Cl)C1. The molecule has 120 valence electrons. The van der Waals surface area contributed by atoms with Crippen LogP contribution in [0.1, 0.15) is 25.8 Å². The van der Waals surface area contributed by atoms with Crippen LogP contribution in [-0.4, -0.2) is 35.0 Å². The highest BCUT2D eigenvalue weighted by Gasteiger charge is 2.33. The van der Waals surface area contributed by atoms with Gasteiger partial charge in [-0.1, -0.05) is 43.6 Å². The molecule has 1 aromatic carbocycles. The lowest BCUT2D eigenvalue weighted by atomic mass is 9.89. The molecule has 2 rings (SSSR count). The number of carboxylic acids is 1. The summed E-state index contributed by atoms with van der Waals surface area (Å²) < 4.78 is 0. The Hall–Kier alpha value is -1.55. The zero-order valence-electron chi connectivity index (χ0n) is 13.0. The van der Waals surface area contributed by atoms with E-state index in [-0.39, 0.29) is 17.7 Å². The highest BCUT2D eigenvalue weighted by molar-refractivity contribution is 6.31. The average molecular weight is 324 g/mol. The van der Waals surface area contributed by atoms with Gasteiger partial charge in [0, 0.05) is 24.0 Å². The van der Waals surface area contributed by atoms with Crippen molar-refractivity contribution in [2.75, 3.05) is 13.1 Å². The highest BCUT2D eigenvalue weighted by atomic mass is 35.5. The van der Waals surface area contributed by atoms with Crippen LogP contribution in [0.25, 0.3) is 0 Å². The highest BCUT2D eigenvalue weighted by Crippen LogP contribution is 2.25. The lowest BCUT2D eigenvalue weighted by molar-refractivity contribution is -0.148. The summed E-state index contributed by atoms with van der Waals surface area (Å²) in [6.45, 7) is 4.82. The van der Waals surface area contributed by atoms with Crippen molar-refractivity contribution in [3.63, 3.8) is 0 Å². The molecule has 1 saturated heterocycles. The molecular formula is C17H22ClNO3. The maximum atomic E-state index is 12.6. The molecule has 3 unspecified atom stereocenters. The molecule has 0 aromatic heterocycles. The zero-order chi connectivity index (χ0) is 16.3. The minimum absolute atomic E-state index is 0.0118. The molecule has 0 radical (unpaired) electrons. The van der Waals surface area contributed by atoms with E-state index in [0.717, 1.165) is 5.56 Å². The Kier molecular flexibility index (Phi) is 5.46. The van der Waals surface area contributed by atoms with Crippen molar-refractivity contribution < 1.29 is 14.7 Å². The summed E-state index contributed by atoms with van der Waals surface area (Å²) in [6.07, 6.45) is 1.21. The predicted octanol–water partition coefficient (Wildman–Crippen LogP) is 3.09. The van der Waals surface area contributed by atoms with Gasteiger partial charge in [-0.2, -0.15) is 0 Å². The summed E-state index contributed by atoms with van der Waals surface area (Å²) in [5, 5.41) is 9.87. The van der Waals surface area contributed by atoms with Crippen LogP contribution in [-0.2, 0) is 16.0 Å². The third kappa shape index (κ3) is 4.01. The van der Waals surface area contributed by atoms with Gasteiger partial charge in [-0.3, -0.25) is 9.59 Å². The fraction of sp³-hybridized carbons (Fsp3) is 0.529. The molecule has 1 amide bonds. The first-order chi connectivity index (χ1) is 10.4. The van der Waals surface area contributed by atoms with Crippen LogP contribution < -0.4 is 0 Å². The molecule has 1 heterocycles. The third-order valence-corrected chi connectivity index (χ3v) is 4.59. The predicted molar refractivity (Wildman–Crippen MR) is 85.8 cm³/mol. The molecule has 4 nitrogen and oxygen atoms in total. The number of carbonyl (C=O) groups excluding carboxylic acids is 1. The first kappa shape index (κ1) is 16.8. The van der Waals surface area contributed by atoms with E-state index in [9.17, 15) is 14.7 Å². The molecule has 1 fully saturated rings. The number of carbonyl (C=O) groups is 2. The molecule has 0 saturated carbocycles. The molecule has 3 atom stereocenters. The summed E-state index contributed by atoms with van der Waals surface area (Å²) >= 11 is 6.14. The van der Waals surface area contributed by atoms with E-state index < -0.39 is 11.9 Å². The van der Waals surface area contributed by atoms with E-state index in [1.165, 1.54) is 0 Å². The fourth-order valence-corrected chi connectivity index (χ4v) is 3.32. The molecule has 5 heteroatoms. The minimum Gasteiger partial charge on any atom is -0.481 e. The normalized spacial score (nSPS) is 23.1. The van der Waals surface area contributed by atoms with E-state index in [1.807, 2.05) is 38.1 Å². The summed E-state index contributed by atoms with van der Waals surface area (Å²) in [6, 6.07) is 7.51. The van der Waals surface area contributed by atoms with Gasteiger partial charge in [-0.25, -0.2) is 0 Å². The second kappa shape index (κ2) is 7.14. The Bertz CT molecular complexity index is 561. The van der Waals surface area contributed by atoms with Crippen LogP contribution in [0.3, 0.4) is 0 Å². The van der Waals surface area contributed by atoms with E-state index in [2.05, 4.69) is 0 Å². The molecule has 0 spiro atoms. The number of halogens is 1. The molecule has 22 heavy (non-hydrogen) atoms. The van der Waals surface area contributed by atoms with E-state index in [4.69, 9.17) is 11.6 Å². The summed E-state index contributed by atoms with van der Waals surface area (Å²) in [4.78, 5) is 25.5. The van der Waals surface area contributed by atoms with Gasteiger partial charge in [0.1, 0.15) is 0 Å². The molecule has 1 N–H and O–H groups in total. The standard InChI is InChI=1S/C17H22ClNO3/c1-11-7-14(17(21)22)10-19(9-11)16(20)12(2)8-13-5-3-4-6-15(13)18/h3-6,11-12,14H,7-10H2,1-2H3,(H,21,22). The summed E-state index contributed by atoms with van der Waals surface area (Å²) in [7, 11) is 0. The van der Waals surface area contributed by atoms with Gasteiger partial charge in [-0.15, -0.1) is 0 Å². The van der Waals surface area contributed by atoms with E-state index in [0.29, 0.717) is 31.0 Å². The van der Waals surface area contributed by atoms with Crippen LogP contribution in [0.2, 0.25) is 5.02 Å². The lowest BCUT2D eigenvalue weighted by Crippen LogP contribution is -2.47. The van der Waals surface area contributed by atoms with Crippen molar-refractivity contribution >= 4 is 23.5 Å². The average Bonchev–Trinajstić information content (AvgIpc) is 2.48. The van der Waals surface area contributed by atoms with Crippen LogP contribution >= 0.6 is 11.6 Å². The molecule has 0 aliphatic carbocycles. The largest absolute Gasteiger partial charge is 0.481 e. The number of aliphatic carboxylic acids is 1. The van der Waals surface area contributed by atoms with Crippen molar-refractivity contribution in [3.05, 3.63) is 34.9 Å². The molecule has 1 aliphatic heterocycles. The number of benzene rings is 1. The molecule has 1 aromatic rings. The first-order valence-corrected chi connectivity index (χ1v) is 8.01. The smallest absolute Gasteiger partial charge is 0.308 e. The van der Waals surface area contributed by atoms with Crippen LogP contribution in [0.5, 0.6) is 0 Å². The number of rotatable bonds is 4. The number of piperidine rings is 1. The summed E-state index contributed by atoms with van der Waals surface area (Å²) in [5.41, 5.74) is 0.949. The third-order valence-electron chi connectivity index (χ3n) is 4.23. The Morgan fingerprint density at radius 1 is 1.36 bits per heavy atom. The number of hydrogen-bond acceptors (Lipinski definition) is 2. The maximum absolute atomic E-state index is 12.6. The maximum Gasteiger partial charge on any atom is 0.308 e. The summed E-state index contributed by atoms with van der Waals surface area (Å²) in [5.74, 6) is -1.26. The second-order valence-corrected chi connectivity index (χ2v) is 6.72. The topological polar surface area (TPSA) is 57.6 Å². The van der Waals surface area contributed by atoms with Crippen molar-refractivity contribution in [2.24, 2.45) is 17.8 Å². The first-order valence-electron chi connectivity index (χ1n) is 7.63. The molecular weight excluding hydrogens is 302 g/mol. The number of likely N-dealkylation sites (tertiary alicyclic amines) is 1. The monoisotopic (exact) mass is 323 g/mol. The van der Waals surface area contributed by atoms with Gasteiger partial charge >= 0.3 is 5.97 Å². The second-order valence-electron chi connectivity index (χ2n) is 6.32. The zero-order valence-corrected chi connectivity index (χ0v) is 13.7. The van der Waals surface area contributed by atoms with Crippen molar-refractivity contribution in [2.45, 2.75) is 26.7 Å². The molecule has 1 aliphatic rings. The van der Waals surface area contributed by atoms with Crippen LogP contribution in [0.15, 0.2) is 24.3 Å². The van der Waals surface area contributed by atoms with Gasteiger partial charge in [0.05, 0.1) is 5.92 Å². The van der Waals surface area contributed by atoms with Gasteiger partial charge in [0.15, 0.2) is 0 Å². The van der Waals surface area contributed by atoms with E-state index in [1.54, 1.807) is 4.90 Å². The van der Waals surface area contributed by atoms with Gasteiger partial charge in [0.25, 0.3) is 0 Å². The van der Waals surface area contributed by atoms with Crippen molar-refractivity contribution in [1.29, 1.82) is 0 Å². The minimum atomic E-state index is -0.817. The van der Waals surface area contributed by atoms with Crippen LogP contribution in [0, 0.1) is 17.8 Å². The van der Waals surface area contributed by atoms with Gasteiger partial charge in [-0.05, 0) is 30.4 Å². The fourth-order valence-electron chi connectivity index (χ4n) is 3.10. The van der Waals surface area contributed by atoms with Crippen LogP contribution in [0.4, 0.5) is 0 Å². The van der Waals surface area contributed by atoms with Gasteiger partial charge in [0.2, 0.25) is 5.91 Å². The Balaban J connectivity index is 2.03. The van der Waals surface area contributed by atoms with Crippen molar-refractivity contribution in [3.8, 4) is 0 Å². The Morgan fingerprint density at radius 3 is 2.68 bits per heavy atom. The Labute approximate surface area is 136 Å². The van der Waals surface area contributed by atoms with Crippen molar-refractivity contribution in [1.82, 2.24) is 4.90 Å². The number of carboxylic acid groups (broad SMARTS) is 1.